The molecular weight excluding hydrogens is 280 g/mol. The summed E-state index contributed by atoms with van der Waals surface area (Å²) in [6.45, 7) is 5.90. The maximum atomic E-state index is 6.08. The molecular formula is C12H13ClN6O. The largest absolute Gasteiger partial charge is 0.435 e. The topological polar surface area (TPSA) is 70.1 Å². The van der Waals surface area contributed by atoms with Crippen LogP contribution in [-0.2, 0) is 0 Å². The molecule has 104 valence electrons. The fraction of sp³-hybridized carbons (Fsp3) is 0.333. The molecule has 0 radical (unpaired) electrons. The monoisotopic (exact) mass is 292 g/mol. The summed E-state index contributed by atoms with van der Waals surface area (Å²) < 4.78 is 9.16. The SMILES string of the molecule is Cc1c(Cl)nc2ncnn2c1Oc1cnn(C(C)C)c1. The molecule has 0 saturated heterocycles. The first kappa shape index (κ1) is 12.9. The molecule has 0 unspecified atom stereocenters. The second-order valence-electron chi connectivity index (χ2n) is 4.66. The Bertz CT molecular complexity index is 762. The van der Waals surface area contributed by atoms with Crippen LogP contribution in [0.5, 0.6) is 11.6 Å². The van der Waals surface area contributed by atoms with Gasteiger partial charge in [-0.1, -0.05) is 11.6 Å². The van der Waals surface area contributed by atoms with Gasteiger partial charge in [-0.25, -0.2) is 0 Å². The lowest BCUT2D eigenvalue weighted by Gasteiger charge is -2.09. The van der Waals surface area contributed by atoms with Crippen molar-refractivity contribution in [2.24, 2.45) is 0 Å². The molecule has 0 amide bonds. The Labute approximate surface area is 120 Å². The van der Waals surface area contributed by atoms with Gasteiger partial charge in [0.1, 0.15) is 11.5 Å². The minimum absolute atomic E-state index is 0.265. The Kier molecular flexibility index (Phi) is 3.06. The molecule has 0 spiro atoms. The van der Waals surface area contributed by atoms with Crippen LogP contribution in [0.2, 0.25) is 5.15 Å². The highest BCUT2D eigenvalue weighted by Crippen LogP contribution is 2.28. The second kappa shape index (κ2) is 4.75. The molecule has 0 saturated carbocycles. The van der Waals surface area contributed by atoms with E-state index in [-0.39, 0.29) is 6.04 Å². The maximum Gasteiger partial charge on any atom is 0.256 e. The van der Waals surface area contributed by atoms with Crippen LogP contribution in [0.3, 0.4) is 0 Å². The highest BCUT2D eigenvalue weighted by molar-refractivity contribution is 6.30. The molecule has 7 nitrogen and oxygen atoms in total. The van der Waals surface area contributed by atoms with Gasteiger partial charge in [0.25, 0.3) is 5.78 Å². The molecule has 20 heavy (non-hydrogen) atoms. The van der Waals surface area contributed by atoms with Crippen molar-refractivity contribution in [3.05, 3.63) is 29.4 Å². The molecule has 3 rings (SSSR count). The lowest BCUT2D eigenvalue weighted by molar-refractivity contribution is 0.439. The van der Waals surface area contributed by atoms with Gasteiger partial charge in [0, 0.05) is 11.6 Å². The zero-order valence-electron chi connectivity index (χ0n) is 11.3. The van der Waals surface area contributed by atoms with Gasteiger partial charge in [-0.3, -0.25) is 4.68 Å². The van der Waals surface area contributed by atoms with Gasteiger partial charge in [0.15, 0.2) is 5.75 Å². The molecule has 3 aromatic rings. The van der Waals surface area contributed by atoms with Crippen molar-refractivity contribution in [2.45, 2.75) is 26.8 Å². The Morgan fingerprint density at radius 3 is 2.80 bits per heavy atom. The van der Waals surface area contributed by atoms with Gasteiger partial charge in [0.05, 0.1) is 12.4 Å². The summed E-state index contributed by atoms with van der Waals surface area (Å²) in [5, 5.41) is 8.66. The third-order valence-electron chi connectivity index (χ3n) is 2.87. The standard InChI is InChI=1S/C12H13ClN6O/c1-7(2)18-5-9(4-15-18)20-11-8(3)10(13)17-12-14-6-16-19(11)12/h4-7H,1-3H3. The van der Waals surface area contributed by atoms with Gasteiger partial charge in [-0.15, -0.1) is 0 Å². The highest BCUT2D eigenvalue weighted by Gasteiger charge is 2.15. The van der Waals surface area contributed by atoms with E-state index in [2.05, 4.69) is 20.2 Å². The van der Waals surface area contributed by atoms with Crippen LogP contribution in [0.4, 0.5) is 0 Å². The van der Waals surface area contributed by atoms with E-state index in [4.69, 9.17) is 16.3 Å². The van der Waals surface area contributed by atoms with Gasteiger partial charge in [-0.2, -0.15) is 24.7 Å². The molecule has 0 aliphatic carbocycles. The summed E-state index contributed by atoms with van der Waals surface area (Å²) >= 11 is 6.08. The summed E-state index contributed by atoms with van der Waals surface area (Å²) in [6.07, 6.45) is 4.88. The molecule has 0 aromatic carbocycles. The van der Waals surface area contributed by atoms with Crippen LogP contribution in [0.15, 0.2) is 18.7 Å². The Morgan fingerprint density at radius 1 is 1.30 bits per heavy atom. The molecule has 0 bridgehead atoms. The van der Waals surface area contributed by atoms with Gasteiger partial charge < -0.3 is 4.74 Å². The zero-order chi connectivity index (χ0) is 14.3. The van der Waals surface area contributed by atoms with Crippen LogP contribution in [0, 0.1) is 6.92 Å². The predicted molar refractivity (Wildman–Crippen MR) is 73.2 cm³/mol. The van der Waals surface area contributed by atoms with Crippen LogP contribution in [0.25, 0.3) is 5.78 Å². The summed E-state index contributed by atoms with van der Waals surface area (Å²) in [4.78, 5) is 8.14. The molecule has 0 N–H and O–H groups in total. The molecule has 3 heterocycles. The Balaban J connectivity index is 2.05. The number of hydrogen-bond donors (Lipinski definition) is 0. The third-order valence-corrected chi connectivity index (χ3v) is 3.24. The van der Waals surface area contributed by atoms with E-state index >= 15 is 0 Å². The van der Waals surface area contributed by atoms with Crippen LogP contribution < -0.4 is 4.74 Å². The van der Waals surface area contributed by atoms with Crippen LogP contribution >= 0.6 is 11.6 Å². The summed E-state index contributed by atoms with van der Waals surface area (Å²) in [6, 6.07) is 0.265. The van der Waals surface area contributed by atoms with Gasteiger partial charge in [-0.05, 0) is 20.8 Å². The minimum atomic E-state index is 0.265. The van der Waals surface area contributed by atoms with Crippen molar-refractivity contribution >= 4 is 17.4 Å². The summed E-state index contributed by atoms with van der Waals surface area (Å²) in [5.41, 5.74) is 0.696. The molecule has 0 fully saturated rings. The van der Waals surface area contributed by atoms with E-state index in [0.717, 1.165) is 0 Å². The van der Waals surface area contributed by atoms with Gasteiger partial charge in [0.2, 0.25) is 5.88 Å². The fourth-order valence-electron chi connectivity index (χ4n) is 1.76. The molecule has 0 aliphatic rings. The van der Waals surface area contributed by atoms with E-state index in [9.17, 15) is 0 Å². The van der Waals surface area contributed by atoms with Crippen molar-refractivity contribution in [1.29, 1.82) is 0 Å². The fourth-order valence-corrected chi connectivity index (χ4v) is 1.92. The minimum Gasteiger partial charge on any atom is -0.435 e. The number of rotatable bonds is 3. The van der Waals surface area contributed by atoms with E-state index in [1.807, 2.05) is 31.6 Å². The van der Waals surface area contributed by atoms with Crippen LogP contribution in [0.1, 0.15) is 25.5 Å². The van der Waals surface area contributed by atoms with Crippen molar-refractivity contribution in [3.8, 4) is 11.6 Å². The van der Waals surface area contributed by atoms with E-state index in [1.54, 1.807) is 6.20 Å². The molecule has 0 atom stereocenters. The average molecular weight is 293 g/mol. The molecule has 0 aliphatic heterocycles. The highest BCUT2D eigenvalue weighted by atomic mass is 35.5. The van der Waals surface area contributed by atoms with E-state index in [0.29, 0.717) is 28.1 Å². The zero-order valence-corrected chi connectivity index (χ0v) is 12.0. The normalized spacial score (nSPS) is 11.4. The number of aromatic nitrogens is 6. The smallest absolute Gasteiger partial charge is 0.256 e. The first-order valence-corrected chi connectivity index (χ1v) is 6.52. The summed E-state index contributed by atoms with van der Waals surface area (Å²) in [7, 11) is 0. The predicted octanol–water partition coefficient (Wildman–Crippen LogP) is 2.66. The Morgan fingerprint density at radius 2 is 2.10 bits per heavy atom. The lowest BCUT2D eigenvalue weighted by atomic mass is 10.4. The molecule has 8 heteroatoms. The third kappa shape index (κ3) is 2.09. The quantitative estimate of drug-likeness (QED) is 0.694. The van der Waals surface area contributed by atoms with E-state index < -0.39 is 0 Å². The maximum absolute atomic E-state index is 6.08. The first-order valence-electron chi connectivity index (χ1n) is 6.14. The van der Waals surface area contributed by atoms with Gasteiger partial charge >= 0.3 is 0 Å². The van der Waals surface area contributed by atoms with Crippen molar-refractivity contribution in [3.63, 3.8) is 0 Å². The van der Waals surface area contributed by atoms with Crippen molar-refractivity contribution < 1.29 is 4.74 Å². The summed E-state index contributed by atoms with van der Waals surface area (Å²) in [5.74, 6) is 1.49. The second-order valence-corrected chi connectivity index (χ2v) is 5.01. The van der Waals surface area contributed by atoms with Crippen molar-refractivity contribution in [2.75, 3.05) is 0 Å². The number of hydrogen-bond acceptors (Lipinski definition) is 5. The number of nitrogens with zero attached hydrogens (tertiary/aromatic N) is 6. The number of ether oxygens (including phenoxy) is 1. The average Bonchev–Trinajstić information content (AvgIpc) is 3.03. The number of fused-ring (bicyclic) bond motifs is 1. The first-order chi connectivity index (χ1) is 9.56. The number of halogens is 1. The Hall–Kier alpha value is -2.15. The molecule has 3 aromatic heterocycles. The van der Waals surface area contributed by atoms with Crippen molar-refractivity contribution in [1.82, 2.24) is 29.4 Å². The lowest BCUT2D eigenvalue weighted by Crippen LogP contribution is -2.02. The van der Waals surface area contributed by atoms with E-state index in [1.165, 1.54) is 10.8 Å². The van der Waals surface area contributed by atoms with Crippen LogP contribution in [-0.4, -0.2) is 29.4 Å².